The highest BCUT2D eigenvalue weighted by Gasteiger charge is 2.22. The van der Waals surface area contributed by atoms with Crippen LogP contribution in [-0.4, -0.2) is 30.5 Å². The summed E-state index contributed by atoms with van der Waals surface area (Å²) in [6, 6.07) is 18.0. The summed E-state index contributed by atoms with van der Waals surface area (Å²) in [6.07, 6.45) is 1.51. The molecule has 27 heavy (non-hydrogen) atoms. The second-order valence-electron chi connectivity index (χ2n) is 5.77. The molecule has 0 saturated heterocycles. The number of pyridine rings is 1. The lowest BCUT2D eigenvalue weighted by Crippen LogP contribution is -2.17. The number of fused-ring (bicyclic) bond motifs is 1. The smallest absolute Gasteiger partial charge is 0.342 e. The van der Waals surface area contributed by atoms with Crippen molar-refractivity contribution in [2.24, 2.45) is 0 Å². The van der Waals surface area contributed by atoms with Crippen molar-refractivity contribution < 1.29 is 19.1 Å². The average Bonchev–Trinajstić information content (AvgIpc) is 2.71. The molecular weight excluding hydrogens is 342 g/mol. The highest BCUT2D eigenvalue weighted by Crippen LogP contribution is 2.19. The Morgan fingerprint density at radius 2 is 1.74 bits per heavy atom. The Morgan fingerprint density at radius 1 is 1.00 bits per heavy atom. The van der Waals surface area contributed by atoms with Gasteiger partial charge in [0.25, 0.3) is 0 Å². The van der Waals surface area contributed by atoms with Gasteiger partial charge >= 0.3 is 5.97 Å². The van der Waals surface area contributed by atoms with Gasteiger partial charge in [-0.05, 0) is 42.8 Å². The second kappa shape index (κ2) is 8.27. The maximum absolute atomic E-state index is 13.0. The molecule has 2 aromatic carbocycles. The van der Waals surface area contributed by atoms with Crippen LogP contribution in [0, 0.1) is 0 Å². The molecule has 0 aliphatic heterocycles. The number of aromatic nitrogens is 1. The first-order chi connectivity index (χ1) is 13.1. The normalized spacial score (nSPS) is 11.3. The van der Waals surface area contributed by atoms with E-state index in [1.54, 1.807) is 44.4 Å². The molecule has 0 N–H and O–H groups in total. The van der Waals surface area contributed by atoms with Crippen molar-refractivity contribution >= 4 is 28.7 Å². The van der Waals surface area contributed by atoms with Gasteiger partial charge in [0.1, 0.15) is 17.0 Å². The van der Waals surface area contributed by atoms with E-state index in [4.69, 9.17) is 9.47 Å². The van der Waals surface area contributed by atoms with E-state index >= 15 is 0 Å². The third-order valence-corrected chi connectivity index (χ3v) is 4.00. The van der Waals surface area contributed by atoms with Gasteiger partial charge in [-0.15, -0.1) is 0 Å². The molecule has 0 radical (unpaired) electrons. The molecular formula is C22H19NO4. The maximum atomic E-state index is 13.0. The molecule has 5 nitrogen and oxygen atoms in total. The quantitative estimate of drug-likeness (QED) is 0.218. The van der Waals surface area contributed by atoms with Gasteiger partial charge < -0.3 is 9.47 Å². The fourth-order valence-corrected chi connectivity index (χ4v) is 2.62. The number of methoxy groups -OCH3 is 1. The van der Waals surface area contributed by atoms with Crippen LogP contribution in [0.25, 0.3) is 17.0 Å². The summed E-state index contributed by atoms with van der Waals surface area (Å²) < 4.78 is 10.2. The Hall–Kier alpha value is -3.47. The number of esters is 1. The first kappa shape index (κ1) is 18.3. The molecule has 0 aliphatic rings. The van der Waals surface area contributed by atoms with Crippen LogP contribution in [0.5, 0.6) is 5.75 Å². The lowest BCUT2D eigenvalue weighted by atomic mass is 10.0. The summed E-state index contributed by atoms with van der Waals surface area (Å²) in [5.74, 6) is -0.462. The number of rotatable bonds is 6. The molecule has 0 bridgehead atoms. The summed E-state index contributed by atoms with van der Waals surface area (Å²) in [6.45, 7) is 1.87. The monoisotopic (exact) mass is 361 g/mol. The SMILES string of the molecule is CCOC(=O)C(=Cc1ccc(OC)cc1)C(=O)c1ccc2ccccc2n1. The van der Waals surface area contributed by atoms with Gasteiger partial charge in [0, 0.05) is 5.39 Å². The highest BCUT2D eigenvalue weighted by molar-refractivity contribution is 6.26. The molecule has 3 rings (SSSR count). The number of benzene rings is 2. The molecule has 0 spiro atoms. The number of carbonyl (C=O) groups excluding carboxylic acids is 2. The van der Waals surface area contributed by atoms with E-state index in [9.17, 15) is 9.59 Å². The van der Waals surface area contributed by atoms with Gasteiger partial charge in [-0.25, -0.2) is 9.78 Å². The van der Waals surface area contributed by atoms with Crippen LogP contribution in [0.3, 0.4) is 0 Å². The van der Waals surface area contributed by atoms with E-state index in [0.717, 1.165) is 5.39 Å². The summed E-state index contributed by atoms with van der Waals surface area (Å²) in [5, 5.41) is 0.922. The van der Waals surface area contributed by atoms with Crippen molar-refractivity contribution in [2.75, 3.05) is 13.7 Å². The van der Waals surface area contributed by atoms with Crippen LogP contribution in [0.4, 0.5) is 0 Å². The minimum absolute atomic E-state index is 0.0650. The van der Waals surface area contributed by atoms with E-state index in [0.29, 0.717) is 16.8 Å². The first-order valence-corrected chi connectivity index (χ1v) is 8.55. The summed E-state index contributed by atoms with van der Waals surface area (Å²) in [4.78, 5) is 29.8. The second-order valence-corrected chi connectivity index (χ2v) is 5.77. The van der Waals surface area contributed by atoms with Crippen LogP contribution in [0.2, 0.25) is 0 Å². The van der Waals surface area contributed by atoms with E-state index in [-0.39, 0.29) is 17.9 Å². The number of para-hydroxylation sites is 1. The van der Waals surface area contributed by atoms with Gasteiger partial charge in [0.2, 0.25) is 5.78 Å². The van der Waals surface area contributed by atoms with Crippen molar-refractivity contribution in [1.29, 1.82) is 0 Å². The zero-order valence-corrected chi connectivity index (χ0v) is 15.1. The zero-order chi connectivity index (χ0) is 19.2. The van der Waals surface area contributed by atoms with Crippen molar-refractivity contribution in [3.8, 4) is 5.75 Å². The highest BCUT2D eigenvalue weighted by atomic mass is 16.5. The van der Waals surface area contributed by atoms with Crippen molar-refractivity contribution in [2.45, 2.75) is 6.92 Å². The molecule has 5 heteroatoms. The van der Waals surface area contributed by atoms with Gasteiger partial charge in [-0.3, -0.25) is 4.79 Å². The summed E-state index contributed by atoms with van der Waals surface area (Å²) >= 11 is 0. The zero-order valence-electron chi connectivity index (χ0n) is 15.1. The Balaban J connectivity index is 2.01. The predicted molar refractivity (Wildman–Crippen MR) is 104 cm³/mol. The molecule has 136 valence electrons. The first-order valence-electron chi connectivity index (χ1n) is 8.55. The van der Waals surface area contributed by atoms with Crippen LogP contribution in [0.15, 0.2) is 66.2 Å². The molecule has 0 atom stereocenters. The van der Waals surface area contributed by atoms with Crippen molar-refractivity contribution in [3.63, 3.8) is 0 Å². The molecule has 1 aromatic heterocycles. The van der Waals surface area contributed by atoms with Gasteiger partial charge in [-0.2, -0.15) is 0 Å². The van der Waals surface area contributed by atoms with Gasteiger partial charge in [0.05, 0.1) is 19.2 Å². The van der Waals surface area contributed by atoms with Crippen molar-refractivity contribution in [3.05, 3.63) is 77.5 Å². The lowest BCUT2D eigenvalue weighted by Gasteiger charge is -2.08. The number of carbonyl (C=O) groups is 2. The maximum Gasteiger partial charge on any atom is 0.342 e. The van der Waals surface area contributed by atoms with Crippen LogP contribution in [-0.2, 0) is 9.53 Å². The molecule has 0 saturated carbocycles. The van der Waals surface area contributed by atoms with E-state index < -0.39 is 11.8 Å². The number of ether oxygens (including phenoxy) is 2. The Labute approximate surface area is 157 Å². The third kappa shape index (κ3) is 4.20. The van der Waals surface area contributed by atoms with Crippen LogP contribution in [0.1, 0.15) is 23.0 Å². The molecule has 0 aliphatic carbocycles. The van der Waals surface area contributed by atoms with Gasteiger partial charge in [-0.1, -0.05) is 36.4 Å². The van der Waals surface area contributed by atoms with Gasteiger partial charge in [0.15, 0.2) is 0 Å². The standard InChI is InChI=1S/C22H19NO4/c1-3-27-22(25)18(14-15-8-11-17(26-2)12-9-15)21(24)20-13-10-16-6-4-5-7-19(16)23-20/h4-14H,3H2,1-2H3. The average molecular weight is 361 g/mol. The number of hydrogen-bond acceptors (Lipinski definition) is 5. The summed E-state index contributed by atoms with van der Waals surface area (Å²) in [7, 11) is 1.57. The third-order valence-electron chi connectivity index (χ3n) is 4.00. The fourth-order valence-electron chi connectivity index (χ4n) is 2.62. The van der Waals surface area contributed by atoms with Crippen LogP contribution >= 0.6 is 0 Å². The molecule has 1 heterocycles. The molecule has 0 fully saturated rings. The predicted octanol–water partition coefficient (Wildman–Crippen LogP) is 4.07. The number of ketones is 1. The van der Waals surface area contributed by atoms with E-state index in [1.165, 1.54) is 6.08 Å². The lowest BCUT2D eigenvalue weighted by molar-refractivity contribution is -0.137. The Bertz CT molecular complexity index is 1010. The molecule has 0 amide bonds. The number of nitrogens with zero attached hydrogens (tertiary/aromatic N) is 1. The van der Waals surface area contributed by atoms with Crippen LogP contribution < -0.4 is 4.74 Å². The Kier molecular flexibility index (Phi) is 5.61. The minimum atomic E-state index is -0.673. The Morgan fingerprint density at radius 3 is 2.44 bits per heavy atom. The van der Waals surface area contributed by atoms with E-state index in [1.807, 2.05) is 30.3 Å². The number of Topliss-reactive ketones (excluding diaryl/α,β-unsaturated/α-hetero) is 1. The largest absolute Gasteiger partial charge is 0.497 e. The number of hydrogen-bond donors (Lipinski definition) is 0. The van der Waals surface area contributed by atoms with E-state index in [2.05, 4.69) is 4.98 Å². The van der Waals surface area contributed by atoms with Crippen molar-refractivity contribution in [1.82, 2.24) is 4.98 Å². The molecule has 0 unspecified atom stereocenters. The minimum Gasteiger partial charge on any atom is -0.497 e. The fraction of sp³-hybridized carbons (Fsp3) is 0.136. The summed E-state index contributed by atoms with van der Waals surface area (Å²) in [5.41, 5.74) is 1.51. The topological polar surface area (TPSA) is 65.5 Å². The molecule has 3 aromatic rings.